The lowest BCUT2D eigenvalue weighted by molar-refractivity contribution is -0.137. The Hall–Kier alpha value is -1.46. The number of fused-ring (bicyclic) bond motifs is 1. The number of halogens is 1. The molecule has 2 fully saturated rings. The van der Waals surface area contributed by atoms with E-state index in [9.17, 15) is 4.79 Å². The van der Waals surface area contributed by atoms with E-state index in [-0.39, 0.29) is 18.3 Å². The van der Waals surface area contributed by atoms with E-state index < -0.39 is 0 Å². The second-order valence-electron chi connectivity index (χ2n) is 6.68. The van der Waals surface area contributed by atoms with Gasteiger partial charge in [0, 0.05) is 24.7 Å². The molecule has 4 rings (SSSR count). The van der Waals surface area contributed by atoms with Crippen LogP contribution in [0.3, 0.4) is 0 Å². The largest absolute Gasteiger partial charge is 0.486 e. The zero-order chi connectivity index (χ0) is 15.6. The molecule has 0 spiro atoms. The first-order valence-electron chi connectivity index (χ1n) is 8.71. The van der Waals surface area contributed by atoms with E-state index in [0.29, 0.717) is 31.7 Å². The van der Waals surface area contributed by atoms with E-state index in [1.54, 1.807) is 0 Å². The van der Waals surface area contributed by atoms with Gasteiger partial charge in [0.25, 0.3) is 0 Å². The Morgan fingerprint density at radius 1 is 1.21 bits per heavy atom. The molecule has 1 saturated heterocycles. The number of piperidine rings is 1. The number of nitrogens with zero attached hydrogens (tertiary/aromatic N) is 1. The Bertz CT molecular complexity index is 586. The molecule has 0 aromatic heterocycles. The van der Waals surface area contributed by atoms with Gasteiger partial charge in [0.1, 0.15) is 13.2 Å². The van der Waals surface area contributed by atoms with Crippen molar-refractivity contribution in [3.8, 4) is 11.5 Å². The molecule has 132 valence electrons. The van der Waals surface area contributed by atoms with Crippen LogP contribution in [0.25, 0.3) is 0 Å². The molecule has 2 aliphatic heterocycles. The van der Waals surface area contributed by atoms with E-state index in [0.717, 1.165) is 55.8 Å². The molecule has 5 nitrogen and oxygen atoms in total. The number of benzene rings is 1. The fraction of sp³-hybridized carbons (Fsp3) is 0.611. The van der Waals surface area contributed by atoms with Crippen molar-refractivity contribution in [2.24, 2.45) is 5.92 Å². The van der Waals surface area contributed by atoms with E-state index in [1.165, 1.54) is 0 Å². The maximum absolute atomic E-state index is 13.0. The molecule has 24 heavy (non-hydrogen) atoms. The highest BCUT2D eigenvalue weighted by molar-refractivity contribution is 5.85. The van der Waals surface area contributed by atoms with Gasteiger partial charge in [0.15, 0.2) is 11.5 Å². The van der Waals surface area contributed by atoms with Gasteiger partial charge in [-0.25, -0.2) is 0 Å². The molecule has 1 N–H and O–H groups in total. The summed E-state index contributed by atoms with van der Waals surface area (Å²) >= 11 is 0. The van der Waals surface area contributed by atoms with Crippen molar-refractivity contribution in [1.29, 1.82) is 0 Å². The molecule has 2 heterocycles. The van der Waals surface area contributed by atoms with Gasteiger partial charge in [0.05, 0.1) is 5.92 Å². The number of carbonyl (C=O) groups is 1. The minimum absolute atomic E-state index is 0. The SMILES string of the molecule is Cl.O=C(C1CCCNC1)N(Cc1cccc2c1OCCO2)C1CC1. The summed E-state index contributed by atoms with van der Waals surface area (Å²) in [6, 6.07) is 6.38. The van der Waals surface area contributed by atoms with Crippen molar-refractivity contribution in [2.75, 3.05) is 26.3 Å². The quantitative estimate of drug-likeness (QED) is 0.903. The van der Waals surface area contributed by atoms with Gasteiger partial charge in [-0.05, 0) is 38.3 Å². The van der Waals surface area contributed by atoms with Crippen LogP contribution < -0.4 is 14.8 Å². The van der Waals surface area contributed by atoms with Crippen LogP contribution in [0.2, 0.25) is 0 Å². The van der Waals surface area contributed by atoms with Crippen molar-refractivity contribution in [1.82, 2.24) is 10.2 Å². The van der Waals surface area contributed by atoms with Crippen LogP contribution >= 0.6 is 12.4 Å². The standard InChI is InChI=1S/C18H24N2O3.ClH/c21-18(13-4-2-8-19-11-13)20(15-6-7-15)12-14-3-1-5-16-17(14)23-10-9-22-16;/h1,3,5,13,15,19H,2,4,6-12H2;1H. The average Bonchev–Trinajstić information content (AvgIpc) is 3.45. The number of hydrogen-bond acceptors (Lipinski definition) is 4. The smallest absolute Gasteiger partial charge is 0.227 e. The molecule has 1 aromatic carbocycles. The Morgan fingerprint density at radius 2 is 2.04 bits per heavy atom. The normalized spacial score (nSPS) is 22.4. The highest BCUT2D eigenvalue weighted by atomic mass is 35.5. The zero-order valence-electron chi connectivity index (χ0n) is 13.8. The van der Waals surface area contributed by atoms with Crippen molar-refractivity contribution in [2.45, 2.75) is 38.3 Å². The average molecular weight is 353 g/mol. The molecule has 1 aromatic rings. The lowest BCUT2D eigenvalue weighted by atomic mass is 9.97. The summed E-state index contributed by atoms with van der Waals surface area (Å²) in [5.74, 6) is 2.05. The molecule has 3 aliphatic rings. The number of hydrogen-bond donors (Lipinski definition) is 1. The van der Waals surface area contributed by atoms with Crippen molar-refractivity contribution >= 4 is 18.3 Å². The summed E-state index contributed by atoms with van der Waals surface area (Å²) in [4.78, 5) is 15.0. The van der Waals surface area contributed by atoms with Gasteiger partial charge in [-0.15, -0.1) is 12.4 Å². The molecular weight excluding hydrogens is 328 g/mol. The summed E-state index contributed by atoms with van der Waals surface area (Å²) < 4.78 is 11.5. The summed E-state index contributed by atoms with van der Waals surface area (Å²) in [5.41, 5.74) is 1.06. The number of nitrogens with one attached hydrogen (secondary N) is 1. The third-order valence-corrected chi connectivity index (χ3v) is 4.91. The number of carbonyl (C=O) groups excluding carboxylic acids is 1. The van der Waals surface area contributed by atoms with Crippen molar-refractivity contribution in [3.63, 3.8) is 0 Å². The Kier molecular flexibility index (Phi) is 5.51. The predicted octanol–water partition coefficient (Wildman–Crippen LogP) is 2.37. The maximum Gasteiger partial charge on any atom is 0.227 e. The molecule has 0 radical (unpaired) electrons. The first-order valence-corrected chi connectivity index (χ1v) is 8.71. The first-order chi connectivity index (χ1) is 11.3. The molecule has 1 atom stereocenters. The molecule has 6 heteroatoms. The van der Waals surface area contributed by atoms with Crippen LogP contribution in [0.15, 0.2) is 18.2 Å². The van der Waals surface area contributed by atoms with E-state index >= 15 is 0 Å². The van der Waals surface area contributed by atoms with Gasteiger partial charge in [0.2, 0.25) is 5.91 Å². The van der Waals surface area contributed by atoms with Gasteiger partial charge in [-0.1, -0.05) is 12.1 Å². The minimum atomic E-state index is 0. The molecule has 1 aliphatic carbocycles. The van der Waals surface area contributed by atoms with Crippen LogP contribution in [0.1, 0.15) is 31.2 Å². The fourth-order valence-corrected chi connectivity index (χ4v) is 3.51. The minimum Gasteiger partial charge on any atom is -0.486 e. The maximum atomic E-state index is 13.0. The lowest BCUT2D eigenvalue weighted by Crippen LogP contribution is -2.43. The van der Waals surface area contributed by atoms with Crippen LogP contribution in [0.5, 0.6) is 11.5 Å². The van der Waals surface area contributed by atoms with E-state index in [1.807, 2.05) is 12.1 Å². The summed E-state index contributed by atoms with van der Waals surface area (Å²) in [5, 5.41) is 3.35. The van der Waals surface area contributed by atoms with E-state index in [4.69, 9.17) is 9.47 Å². The number of para-hydroxylation sites is 1. The molecular formula is C18H25ClN2O3. The van der Waals surface area contributed by atoms with Crippen molar-refractivity contribution < 1.29 is 14.3 Å². The summed E-state index contributed by atoms with van der Waals surface area (Å²) in [6.07, 6.45) is 4.34. The van der Waals surface area contributed by atoms with Crippen LogP contribution in [0, 0.1) is 5.92 Å². The second-order valence-corrected chi connectivity index (χ2v) is 6.68. The number of ether oxygens (including phenoxy) is 2. The van der Waals surface area contributed by atoms with Gasteiger partial charge in [-0.3, -0.25) is 4.79 Å². The zero-order valence-corrected chi connectivity index (χ0v) is 14.6. The molecule has 1 unspecified atom stereocenters. The summed E-state index contributed by atoms with van der Waals surface area (Å²) in [7, 11) is 0. The molecule has 1 amide bonds. The third-order valence-electron chi connectivity index (χ3n) is 4.91. The van der Waals surface area contributed by atoms with Crippen LogP contribution in [0.4, 0.5) is 0 Å². The fourth-order valence-electron chi connectivity index (χ4n) is 3.51. The molecule has 0 bridgehead atoms. The third kappa shape index (κ3) is 3.62. The highest BCUT2D eigenvalue weighted by Gasteiger charge is 2.36. The second kappa shape index (κ2) is 7.62. The monoisotopic (exact) mass is 352 g/mol. The Labute approximate surface area is 149 Å². The molecule has 1 saturated carbocycles. The Morgan fingerprint density at radius 3 is 2.79 bits per heavy atom. The predicted molar refractivity (Wildman–Crippen MR) is 93.8 cm³/mol. The lowest BCUT2D eigenvalue weighted by Gasteiger charge is -2.31. The topological polar surface area (TPSA) is 50.8 Å². The number of rotatable bonds is 4. The van der Waals surface area contributed by atoms with Crippen molar-refractivity contribution in [3.05, 3.63) is 23.8 Å². The number of amides is 1. The van der Waals surface area contributed by atoms with Gasteiger partial charge in [-0.2, -0.15) is 0 Å². The highest BCUT2D eigenvalue weighted by Crippen LogP contribution is 2.37. The first kappa shape index (κ1) is 17.4. The Balaban J connectivity index is 0.00000169. The van der Waals surface area contributed by atoms with Crippen LogP contribution in [-0.4, -0.2) is 43.2 Å². The van der Waals surface area contributed by atoms with Crippen LogP contribution in [-0.2, 0) is 11.3 Å². The van der Waals surface area contributed by atoms with E-state index in [2.05, 4.69) is 16.3 Å². The van der Waals surface area contributed by atoms with Gasteiger partial charge < -0.3 is 19.7 Å². The van der Waals surface area contributed by atoms with Gasteiger partial charge >= 0.3 is 0 Å². The summed E-state index contributed by atoms with van der Waals surface area (Å²) in [6.45, 7) is 3.65.